The molecule has 0 aliphatic rings. The molecule has 0 fully saturated rings. The predicted molar refractivity (Wildman–Crippen MR) is 113 cm³/mol. The number of benzene rings is 2. The van der Waals surface area contributed by atoms with Crippen LogP contribution >= 0.6 is 11.3 Å². The van der Waals surface area contributed by atoms with Gasteiger partial charge in [-0.2, -0.15) is 4.98 Å². The monoisotopic (exact) mass is 424 g/mol. The summed E-state index contributed by atoms with van der Waals surface area (Å²) in [6, 6.07) is 12.5. The highest BCUT2D eigenvalue weighted by atomic mass is 32.1. The Morgan fingerprint density at radius 3 is 2.60 bits per heavy atom. The SMILES string of the molecule is CCOc1ccc2nc(NC(=O)c3ccc(OCc4noc(CC)n4)cc3)sc2c1. The second-order valence-electron chi connectivity index (χ2n) is 6.31. The first kappa shape index (κ1) is 19.8. The topological polar surface area (TPSA) is 99.4 Å². The van der Waals surface area contributed by atoms with E-state index < -0.39 is 0 Å². The Morgan fingerprint density at radius 1 is 1.07 bits per heavy atom. The van der Waals surface area contributed by atoms with Crippen LogP contribution < -0.4 is 14.8 Å². The molecule has 154 valence electrons. The second-order valence-corrected chi connectivity index (χ2v) is 7.34. The van der Waals surface area contributed by atoms with Crippen LogP contribution in [0.2, 0.25) is 0 Å². The zero-order chi connectivity index (χ0) is 20.9. The fourth-order valence-electron chi connectivity index (χ4n) is 2.73. The van der Waals surface area contributed by atoms with Gasteiger partial charge in [0, 0.05) is 12.0 Å². The first-order chi connectivity index (χ1) is 14.6. The fourth-order valence-corrected chi connectivity index (χ4v) is 3.62. The highest BCUT2D eigenvalue weighted by molar-refractivity contribution is 7.22. The van der Waals surface area contributed by atoms with Crippen molar-refractivity contribution < 1.29 is 18.8 Å². The van der Waals surface area contributed by atoms with Crippen molar-refractivity contribution in [3.05, 3.63) is 59.7 Å². The molecular formula is C21H20N4O4S. The van der Waals surface area contributed by atoms with E-state index in [4.69, 9.17) is 14.0 Å². The highest BCUT2D eigenvalue weighted by Crippen LogP contribution is 2.29. The number of ether oxygens (including phenoxy) is 2. The number of thiazole rings is 1. The zero-order valence-corrected chi connectivity index (χ0v) is 17.4. The van der Waals surface area contributed by atoms with Crippen LogP contribution in [0, 0.1) is 0 Å². The summed E-state index contributed by atoms with van der Waals surface area (Å²) >= 11 is 1.40. The van der Waals surface area contributed by atoms with Gasteiger partial charge >= 0.3 is 0 Å². The third-order valence-corrected chi connectivity index (χ3v) is 5.12. The molecule has 0 aliphatic carbocycles. The van der Waals surface area contributed by atoms with Gasteiger partial charge in [0.15, 0.2) is 11.7 Å². The van der Waals surface area contributed by atoms with Crippen molar-refractivity contribution in [2.75, 3.05) is 11.9 Å². The van der Waals surface area contributed by atoms with Gasteiger partial charge in [0.25, 0.3) is 5.91 Å². The smallest absolute Gasteiger partial charge is 0.257 e. The number of carbonyl (C=O) groups is 1. The predicted octanol–water partition coefficient (Wildman–Crippen LogP) is 4.47. The van der Waals surface area contributed by atoms with Gasteiger partial charge in [-0.15, -0.1) is 0 Å². The lowest BCUT2D eigenvalue weighted by Gasteiger charge is -2.05. The van der Waals surface area contributed by atoms with Crippen LogP contribution in [0.3, 0.4) is 0 Å². The molecule has 9 heteroatoms. The quantitative estimate of drug-likeness (QED) is 0.445. The van der Waals surface area contributed by atoms with E-state index in [0.717, 1.165) is 16.0 Å². The molecule has 0 aliphatic heterocycles. The number of amides is 1. The summed E-state index contributed by atoms with van der Waals surface area (Å²) in [6.07, 6.45) is 0.680. The summed E-state index contributed by atoms with van der Waals surface area (Å²) in [4.78, 5) is 21.2. The Bertz CT molecular complexity index is 1150. The summed E-state index contributed by atoms with van der Waals surface area (Å²) in [5.74, 6) is 2.21. The maximum absolute atomic E-state index is 12.5. The number of hydrogen-bond acceptors (Lipinski definition) is 8. The first-order valence-electron chi connectivity index (χ1n) is 9.53. The molecule has 4 aromatic rings. The van der Waals surface area contributed by atoms with Crippen molar-refractivity contribution in [2.45, 2.75) is 26.9 Å². The third kappa shape index (κ3) is 4.57. The molecule has 0 saturated carbocycles. The molecular weight excluding hydrogens is 404 g/mol. The minimum Gasteiger partial charge on any atom is -0.494 e. The summed E-state index contributed by atoms with van der Waals surface area (Å²) in [6.45, 7) is 4.67. The van der Waals surface area contributed by atoms with E-state index in [1.165, 1.54) is 11.3 Å². The fraction of sp³-hybridized carbons (Fsp3) is 0.238. The average Bonchev–Trinajstić information content (AvgIpc) is 3.38. The molecule has 4 rings (SSSR count). The number of aromatic nitrogens is 3. The lowest BCUT2D eigenvalue weighted by molar-refractivity contribution is 0.102. The van der Waals surface area contributed by atoms with Crippen LogP contribution in [0.4, 0.5) is 5.13 Å². The molecule has 0 saturated heterocycles. The molecule has 0 unspecified atom stereocenters. The van der Waals surface area contributed by atoms with E-state index >= 15 is 0 Å². The van der Waals surface area contributed by atoms with E-state index in [0.29, 0.717) is 41.2 Å². The number of nitrogens with zero attached hydrogens (tertiary/aromatic N) is 3. The Kier molecular flexibility index (Phi) is 5.89. The number of fused-ring (bicyclic) bond motifs is 1. The second kappa shape index (κ2) is 8.91. The van der Waals surface area contributed by atoms with Crippen molar-refractivity contribution in [2.24, 2.45) is 0 Å². The molecule has 1 amide bonds. The van der Waals surface area contributed by atoms with Crippen molar-refractivity contribution >= 4 is 32.6 Å². The normalized spacial score (nSPS) is 10.9. The van der Waals surface area contributed by atoms with Gasteiger partial charge in [0.1, 0.15) is 11.5 Å². The molecule has 2 heterocycles. The Labute approximate surface area is 176 Å². The number of carbonyl (C=O) groups excluding carboxylic acids is 1. The third-order valence-electron chi connectivity index (χ3n) is 4.19. The van der Waals surface area contributed by atoms with E-state index in [-0.39, 0.29) is 12.5 Å². The van der Waals surface area contributed by atoms with Crippen LogP contribution in [0.15, 0.2) is 47.0 Å². The molecule has 0 atom stereocenters. The Morgan fingerprint density at radius 2 is 1.87 bits per heavy atom. The van der Waals surface area contributed by atoms with Crippen molar-refractivity contribution in [1.82, 2.24) is 15.1 Å². The maximum Gasteiger partial charge on any atom is 0.257 e. The minimum atomic E-state index is -0.239. The van der Waals surface area contributed by atoms with E-state index in [1.807, 2.05) is 32.0 Å². The van der Waals surface area contributed by atoms with E-state index in [2.05, 4.69) is 20.4 Å². The average molecular weight is 424 g/mol. The van der Waals surface area contributed by atoms with Gasteiger partial charge in [-0.3, -0.25) is 10.1 Å². The maximum atomic E-state index is 12.5. The highest BCUT2D eigenvalue weighted by Gasteiger charge is 2.11. The molecule has 1 N–H and O–H groups in total. The van der Waals surface area contributed by atoms with Crippen LogP contribution in [-0.2, 0) is 13.0 Å². The number of anilines is 1. The molecule has 2 aromatic heterocycles. The Balaban J connectivity index is 1.38. The van der Waals surface area contributed by atoms with E-state index in [1.54, 1.807) is 24.3 Å². The van der Waals surface area contributed by atoms with Gasteiger partial charge in [-0.25, -0.2) is 4.98 Å². The standard InChI is InChI=1S/C21H20N4O4S/c1-3-19-23-18(25-29-19)12-28-14-7-5-13(6-8-14)20(26)24-21-22-16-10-9-15(27-4-2)11-17(16)30-21/h5-11H,3-4,12H2,1-2H3,(H,22,24,26). The molecule has 0 spiro atoms. The summed E-state index contributed by atoms with van der Waals surface area (Å²) in [7, 11) is 0. The molecule has 0 bridgehead atoms. The molecule has 8 nitrogen and oxygen atoms in total. The number of aryl methyl sites for hydroxylation is 1. The lowest BCUT2D eigenvalue weighted by atomic mass is 10.2. The largest absolute Gasteiger partial charge is 0.494 e. The Hall–Kier alpha value is -3.46. The van der Waals surface area contributed by atoms with Gasteiger partial charge < -0.3 is 14.0 Å². The number of nitrogens with one attached hydrogen (secondary N) is 1. The van der Waals surface area contributed by atoms with Crippen molar-refractivity contribution in [3.63, 3.8) is 0 Å². The van der Waals surface area contributed by atoms with Crippen LogP contribution in [0.1, 0.15) is 35.9 Å². The van der Waals surface area contributed by atoms with Crippen LogP contribution in [0.25, 0.3) is 10.2 Å². The van der Waals surface area contributed by atoms with Crippen molar-refractivity contribution in [1.29, 1.82) is 0 Å². The van der Waals surface area contributed by atoms with Crippen LogP contribution in [-0.4, -0.2) is 27.6 Å². The van der Waals surface area contributed by atoms with Gasteiger partial charge in [0.05, 0.1) is 16.8 Å². The first-order valence-corrected chi connectivity index (χ1v) is 10.3. The minimum absolute atomic E-state index is 0.199. The number of rotatable bonds is 8. The summed E-state index contributed by atoms with van der Waals surface area (Å²) in [5.41, 5.74) is 1.32. The van der Waals surface area contributed by atoms with E-state index in [9.17, 15) is 4.79 Å². The van der Waals surface area contributed by atoms with Gasteiger partial charge in [-0.1, -0.05) is 23.4 Å². The molecule has 0 radical (unpaired) electrons. The summed E-state index contributed by atoms with van der Waals surface area (Å²) in [5, 5.41) is 7.21. The van der Waals surface area contributed by atoms with Crippen LogP contribution in [0.5, 0.6) is 11.5 Å². The van der Waals surface area contributed by atoms with Crippen molar-refractivity contribution in [3.8, 4) is 11.5 Å². The lowest BCUT2D eigenvalue weighted by Crippen LogP contribution is -2.11. The summed E-state index contributed by atoms with van der Waals surface area (Å²) < 4.78 is 17.1. The molecule has 30 heavy (non-hydrogen) atoms. The van der Waals surface area contributed by atoms with Gasteiger partial charge in [0.2, 0.25) is 11.7 Å². The zero-order valence-electron chi connectivity index (χ0n) is 16.5. The number of hydrogen-bond donors (Lipinski definition) is 1. The van der Waals surface area contributed by atoms with Gasteiger partial charge in [-0.05, 0) is 49.4 Å². The molecule has 2 aromatic carbocycles.